The molecule has 1 N–H and O–H groups in total. The van der Waals surface area contributed by atoms with Gasteiger partial charge in [-0.25, -0.2) is 4.98 Å². The van der Waals surface area contributed by atoms with Crippen LogP contribution in [0.5, 0.6) is 0 Å². The number of para-hydroxylation sites is 1. The van der Waals surface area contributed by atoms with E-state index < -0.39 is 0 Å². The van der Waals surface area contributed by atoms with Crippen molar-refractivity contribution in [2.24, 2.45) is 0 Å². The number of rotatable bonds is 2. The molecule has 0 saturated carbocycles. The van der Waals surface area contributed by atoms with Crippen LogP contribution in [0.1, 0.15) is 11.3 Å². The first-order valence-corrected chi connectivity index (χ1v) is 6.61. The standard InChI is InChI=1S/C12H10ClN3OS/c1-7-8(6-17)11(13)16(15-7)12-14-9-4-2-3-5-10(9)18-12/h2-5,17H,6H2,1H3. The smallest absolute Gasteiger partial charge is 0.212 e. The fraction of sp³-hybridized carbons (Fsp3) is 0.167. The van der Waals surface area contributed by atoms with Crippen LogP contribution in [-0.4, -0.2) is 19.9 Å². The molecule has 0 saturated heterocycles. The summed E-state index contributed by atoms with van der Waals surface area (Å²) in [5, 5.41) is 14.7. The SMILES string of the molecule is Cc1nn(-c2nc3ccccc3s2)c(Cl)c1CO. The average Bonchev–Trinajstić information content (AvgIpc) is 2.90. The Hall–Kier alpha value is -1.43. The second kappa shape index (κ2) is 4.35. The van der Waals surface area contributed by atoms with Crippen molar-refractivity contribution in [3.63, 3.8) is 0 Å². The Morgan fingerprint density at radius 2 is 2.17 bits per heavy atom. The molecule has 2 aromatic heterocycles. The molecule has 6 heteroatoms. The minimum Gasteiger partial charge on any atom is -0.391 e. The highest BCUT2D eigenvalue weighted by Crippen LogP contribution is 2.29. The van der Waals surface area contributed by atoms with E-state index in [0.717, 1.165) is 15.9 Å². The molecule has 1 aromatic carbocycles. The van der Waals surface area contributed by atoms with E-state index in [1.165, 1.54) is 11.3 Å². The first-order chi connectivity index (χ1) is 8.70. The van der Waals surface area contributed by atoms with E-state index in [2.05, 4.69) is 10.1 Å². The predicted molar refractivity (Wildman–Crippen MR) is 72.4 cm³/mol. The van der Waals surface area contributed by atoms with Crippen LogP contribution in [0, 0.1) is 6.92 Å². The monoisotopic (exact) mass is 279 g/mol. The number of aliphatic hydroxyl groups is 1. The van der Waals surface area contributed by atoms with E-state index in [0.29, 0.717) is 15.8 Å². The van der Waals surface area contributed by atoms with Gasteiger partial charge in [-0.2, -0.15) is 9.78 Å². The van der Waals surface area contributed by atoms with Gasteiger partial charge in [-0.15, -0.1) is 0 Å². The summed E-state index contributed by atoms with van der Waals surface area (Å²) >= 11 is 7.72. The molecule has 0 radical (unpaired) electrons. The van der Waals surface area contributed by atoms with Crippen LogP contribution in [0.2, 0.25) is 5.15 Å². The molecule has 0 amide bonds. The molecule has 0 atom stereocenters. The fourth-order valence-corrected chi connectivity index (χ4v) is 3.08. The molecule has 2 heterocycles. The molecule has 92 valence electrons. The fourth-order valence-electron chi connectivity index (χ4n) is 1.79. The van der Waals surface area contributed by atoms with Gasteiger partial charge in [0.25, 0.3) is 0 Å². The van der Waals surface area contributed by atoms with E-state index in [9.17, 15) is 5.11 Å². The van der Waals surface area contributed by atoms with E-state index in [-0.39, 0.29) is 6.61 Å². The van der Waals surface area contributed by atoms with Gasteiger partial charge in [0.05, 0.1) is 22.5 Å². The van der Waals surface area contributed by atoms with Crippen molar-refractivity contribution in [2.45, 2.75) is 13.5 Å². The summed E-state index contributed by atoms with van der Waals surface area (Å²) < 4.78 is 2.66. The lowest BCUT2D eigenvalue weighted by atomic mass is 10.3. The molecule has 0 spiro atoms. The Morgan fingerprint density at radius 3 is 2.83 bits per heavy atom. The van der Waals surface area contributed by atoms with E-state index in [4.69, 9.17) is 11.6 Å². The Morgan fingerprint density at radius 1 is 1.39 bits per heavy atom. The van der Waals surface area contributed by atoms with Gasteiger partial charge in [0.1, 0.15) is 5.15 Å². The van der Waals surface area contributed by atoms with Gasteiger partial charge in [0.2, 0.25) is 5.13 Å². The summed E-state index contributed by atoms with van der Waals surface area (Å²) in [6.07, 6.45) is 0. The summed E-state index contributed by atoms with van der Waals surface area (Å²) in [6, 6.07) is 7.88. The number of aromatic nitrogens is 3. The van der Waals surface area contributed by atoms with Gasteiger partial charge in [-0.05, 0) is 19.1 Å². The lowest BCUT2D eigenvalue weighted by Gasteiger charge is -1.96. The number of hydrogen-bond acceptors (Lipinski definition) is 4. The molecular weight excluding hydrogens is 270 g/mol. The van der Waals surface area contributed by atoms with Crippen molar-refractivity contribution in [3.05, 3.63) is 40.7 Å². The number of hydrogen-bond donors (Lipinski definition) is 1. The summed E-state index contributed by atoms with van der Waals surface area (Å²) in [4.78, 5) is 4.49. The highest BCUT2D eigenvalue weighted by molar-refractivity contribution is 7.20. The van der Waals surface area contributed by atoms with Crippen LogP contribution >= 0.6 is 22.9 Å². The van der Waals surface area contributed by atoms with Crippen LogP contribution in [0.25, 0.3) is 15.3 Å². The molecule has 3 rings (SSSR count). The van der Waals surface area contributed by atoms with Crippen LogP contribution in [-0.2, 0) is 6.61 Å². The van der Waals surface area contributed by atoms with Gasteiger partial charge >= 0.3 is 0 Å². The number of benzene rings is 1. The number of aliphatic hydroxyl groups excluding tert-OH is 1. The van der Waals surface area contributed by atoms with Crippen molar-refractivity contribution >= 4 is 33.2 Å². The van der Waals surface area contributed by atoms with Crippen molar-refractivity contribution < 1.29 is 5.11 Å². The van der Waals surface area contributed by atoms with Gasteiger partial charge in [-0.3, -0.25) is 0 Å². The number of halogens is 1. The van der Waals surface area contributed by atoms with Crippen molar-refractivity contribution in [1.82, 2.24) is 14.8 Å². The zero-order valence-electron chi connectivity index (χ0n) is 9.59. The molecule has 0 aliphatic carbocycles. The molecule has 0 unspecified atom stereocenters. The highest BCUT2D eigenvalue weighted by atomic mass is 35.5. The lowest BCUT2D eigenvalue weighted by molar-refractivity contribution is 0.281. The minimum absolute atomic E-state index is 0.116. The molecular formula is C12H10ClN3OS. The van der Waals surface area contributed by atoms with Crippen LogP contribution < -0.4 is 0 Å². The molecule has 18 heavy (non-hydrogen) atoms. The summed E-state index contributed by atoms with van der Waals surface area (Å²) in [6.45, 7) is 1.71. The van der Waals surface area contributed by atoms with Crippen molar-refractivity contribution in [3.8, 4) is 5.13 Å². The Balaban J connectivity index is 2.20. The Kier molecular flexibility index (Phi) is 2.81. The highest BCUT2D eigenvalue weighted by Gasteiger charge is 2.16. The summed E-state index contributed by atoms with van der Waals surface area (Å²) in [5.41, 5.74) is 2.30. The molecule has 0 bridgehead atoms. The van der Waals surface area contributed by atoms with E-state index >= 15 is 0 Å². The van der Waals surface area contributed by atoms with Gasteiger partial charge in [0.15, 0.2) is 0 Å². The summed E-state index contributed by atoms with van der Waals surface area (Å²) in [7, 11) is 0. The number of thiazole rings is 1. The first kappa shape index (κ1) is 11.6. The molecule has 4 nitrogen and oxygen atoms in total. The van der Waals surface area contributed by atoms with Crippen LogP contribution in [0.3, 0.4) is 0 Å². The minimum atomic E-state index is -0.116. The quantitative estimate of drug-likeness (QED) is 0.785. The Bertz CT molecular complexity index is 686. The Labute approximate surface area is 112 Å². The first-order valence-electron chi connectivity index (χ1n) is 5.41. The second-order valence-corrected chi connectivity index (χ2v) is 5.26. The number of aryl methyl sites for hydroxylation is 1. The van der Waals surface area contributed by atoms with E-state index in [1.54, 1.807) is 4.68 Å². The van der Waals surface area contributed by atoms with Gasteiger partial charge in [0, 0.05) is 5.56 Å². The third-order valence-electron chi connectivity index (χ3n) is 2.74. The third-order valence-corrected chi connectivity index (χ3v) is 4.14. The molecule has 0 aliphatic rings. The molecule has 0 aliphatic heterocycles. The van der Waals surface area contributed by atoms with Crippen LogP contribution in [0.4, 0.5) is 0 Å². The maximum Gasteiger partial charge on any atom is 0.212 e. The van der Waals surface area contributed by atoms with Gasteiger partial charge < -0.3 is 5.11 Å². The maximum absolute atomic E-state index is 9.24. The topological polar surface area (TPSA) is 50.9 Å². The zero-order chi connectivity index (χ0) is 12.7. The molecule has 3 aromatic rings. The third kappa shape index (κ3) is 1.71. The normalized spacial score (nSPS) is 11.3. The van der Waals surface area contributed by atoms with Crippen molar-refractivity contribution in [1.29, 1.82) is 0 Å². The predicted octanol–water partition coefficient (Wildman–Crippen LogP) is 2.94. The molecule has 0 fully saturated rings. The lowest BCUT2D eigenvalue weighted by Crippen LogP contribution is -1.95. The number of fused-ring (bicyclic) bond motifs is 1. The summed E-state index contributed by atoms with van der Waals surface area (Å²) in [5.74, 6) is 0. The zero-order valence-corrected chi connectivity index (χ0v) is 11.2. The second-order valence-electron chi connectivity index (χ2n) is 3.89. The van der Waals surface area contributed by atoms with Gasteiger partial charge in [-0.1, -0.05) is 35.1 Å². The average molecular weight is 280 g/mol. The van der Waals surface area contributed by atoms with Crippen LogP contribution in [0.15, 0.2) is 24.3 Å². The van der Waals surface area contributed by atoms with Crippen molar-refractivity contribution in [2.75, 3.05) is 0 Å². The maximum atomic E-state index is 9.24. The van der Waals surface area contributed by atoms with E-state index in [1.807, 2.05) is 31.2 Å². The number of nitrogens with zero attached hydrogens (tertiary/aromatic N) is 3. The largest absolute Gasteiger partial charge is 0.391 e.